The van der Waals surface area contributed by atoms with Crippen LogP contribution in [0.1, 0.15) is 32.6 Å². The minimum absolute atomic E-state index is 0.127. The number of benzene rings is 1. The number of hydrogen-bond donors (Lipinski definition) is 1. The van der Waals surface area contributed by atoms with Gasteiger partial charge < -0.3 is 10.1 Å². The average molecular weight is 286 g/mol. The lowest BCUT2D eigenvalue weighted by molar-refractivity contribution is 0.266. The lowest BCUT2D eigenvalue weighted by atomic mass is 9.87. The molecule has 1 saturated carbocycles. The normalized spacial score (nSPS) is 23.3. The highest BCUT2D eigenvalue weighted by Crippen LogP contribution is 2.23. The van der Waals surface area contributed by atoms with Crippen LogP contribution in [0.15, 0.2) is 18.2 Å². The molecular formula is C15H21ClFNO. The topological polar surface area (TPSA) is 21.3 Å². The highest BCUT2D eigenvalue weighted by molar-refractivity contribution is 6.30. The molecule has 0 bridgehead atoms. The van der Waals surface area contributed by atoms with Crippen LogP contribution in [0.4, 0.5) is 4.39 Å². The third kappa shape index (κ3) is 4.66. The van der Waals surface area contributed by atoms with E-state index in [2.05, 4.69) is 12.2 Å². The molecule has 2 unspecified atom stereocenters. The van der Waals surface area contributed by atoms with Gasteiger partial charge in [-0.15, -0.1) is 0 Å². The molecule has 1 fully saturated rings. The van der Waals surface area contributed by atoms with Crippen LogP contribution in [0.25, 0.3) is 0 Å². The first-order chi connectivity index (χ1) is 9.15. The molecule has 106 valence electrons. The first-order valence-electron chi connectivity index (χ1n) is 6.96. The van der Waals surface area contributed by atoms with Gasteiger partial charge in [0.2, 0.25) is 0 Å². The second-order valence-corrected chi connectivity index (χ2v) is 5.75. The number of nitrogens with one attached hydrogen (secondary N) is 1. The van der Waals surface area contributed by atoms with Crippen molar-refractivity contribution in [3.8, 4) is 5.75 Å². The molecule has 0 radical (unpaired) electrons. The number of ether oxygens (including phenoxy) is 1. The molecule has 2 rings (SSSR count). The quantitative estimate of drug-likeness (QED) is 0.825. The van der Waals surface area contributed by atoms with Crippen molar-refractivity contribution in [3.05, 3.63) is 29.0 Å². The van der Waals surface area contributed by atoms with Gasteiger partial charge in [-0.1, -0.05) is 31.4 Å². The fourth-order valence-electron chi connectivity index (χ4n) is 2.62. The van der Waals surface area contributed by atoms with Crippen molar-refractivity contribution < 1.29 is 9.13 Å². The van der Waals surface area contributed by atoms with Crippen LogP contribution in [0.3, 0.4) is 0 Å². The molecule has 0 aromatic heterocycles. The van der Waals surface area contributed by atoms with Gasteiger partial charge in [0.1, 0.15) is 18.2 Å². The maximum absolute atomic E-state index is 13.2. The van der Waals surface area contributed by atoms with Gasteiger partial charge in [0.25, 0.3) is 0 Å². The Balaban J connectivity index is 1.67. The fraction of sp³-hybridized carbons (Fsp3) is 0.600. The molecule has 19 heavy (non-hydrogen) atoms. The standard InChI is InChI=1S/C15H21ClFNO/c1-11-3-2-4-12(9-11)18-7-8-19-13-5-6-14(16)15(17)10-13/h5-6,10-12,18H,2-4,7-9H2,1H3. The van der Waals surface area contributed by atoms with Crippen molar-refractivity contribution in [3.63, 3.8) is 0 Å². The number of rotatable bonds is 5. The molecule has 1 aliphatic rings. The van der Waals surface area contributed by atoms with E-state index < -0.39 is 5.82 Å². The van der Waals surface area contributed by atoms with Gasteiger partial charge in [0, 0.05) is 18.7 Å². The summed E-state index contributed by atoms with van der Waals surface area (Å²) in [6, 6.07) is 5.14. The minimum atomic E-state index is -0.437. The van der Waals surface area contributed by atoms with E-state index in [0.717, 1.165) is 12.5 Å². The zero-order valence-electron chi connectivity index (χ0n) is 11.3. The summed E-state index contributed by atoms with van der Waals surface area (Å²) in [5.74, 6) is 0.909. The van der Waals surface area contributed by atoms with Crippen molar-refractivity contribution in [1.29, 1.82) is 0 Å². The maximum Gasteiger partial charge on any atom is 0.145 e. The highest BCUT2D eigenvalue weighted by Gasteiger charge is 2.17. The third-order valence-corrected chi connectivity index (χ3v) is 3.94. The Morgan fingerprint density at radius 1 is 1.42 bits per heavy atom. The van der Waals surface area contributed by atoms with Crippen LogP contribution in [0, 0.1) is 11.7 Å². The summed E-state index contributed by atoms with van der Waals surface area (Å²) in [6.07, 6.45) is 5.15. The molecule has 1 aromatic carbocycles. The predicted octanol–water partition coefficient (Wildman–Crippen LogP) is 4.03. The van der Waals surface area contributed by atoms with Gasteiger partial charge in [-0.25, -0.2) is 4.39 Å². The molecule has 4 heteroatoms. The molecule has 0 heterocycles. The zero-order valence-corrected chi connectivity index (χ0v) is 12.0. The maximum atomic E-state index is 13.2. The first-order valence-corrected chi connectivity index (χ1v) is 7.34. The van der Waals surface area contributed by atoms with Crippen LogP contribution in [0.2, 0.25) is 5.02 Å². The van der Waals surface area contributed by atoms with Gasteiger partial charge in [-0.3, -0.25) is 0 Å². The Kier molecular flexibility index (Phi) is 5.46. The number of halogens is 2. The molecule has 2 atom stereocenters. The Bertz CT molecular complexity index is 413. The monoisotopic (exact) mass is 285 g/mol. The fourth-order valence-corrected chi connectivity index (χ4v) is 2.74. The van der Waals surface area contributed by atoms with Crippen LogP contribution in [-0.4, -0.2) is 19.2 Å². The van der Waals surface area contributed by atoms with Crippen LogP contribution in [-0.2, 0) is 0 Å². The van der Waals surface area contributed by atoms with Gasteiger partial charge in [0.15, 0.2) is 0 Å². The molecule has 0 amide bonds. The summed E-state index contributed by atoms with van der Waals surface area (Å²) < 4.78 is 18.7. The predicted molar refractivity (Wildman–Crippen MR) is 76.3 cm³/mol. The summed E-state index contributed by atoms with van der Waals surface area (Å²) >= 11 is 5.61. The van der Waals surface area contributed by atoms with E-state index in [9.17, 15) is 4.39 Å². The third-order valence-electron chi connectivity index (χ3n) is 3.63. The van der Waals surface area contributed by atoms with E-state index in [-0.39, 0.29) is 5.02 Å². The zero-order chi connectivity index (χ0) is 13.7. The van der Waals surface area contributed by atoms with Gasteiger partial charge >= 0.3 is 0 Å². The molecule has 1 aliphatic carbocycles. The molecule has 0 saturated heterocycles. The summed E-state index contributed by atoms with van der Waals surface area (Å²) in [5, 5.41) is 3.63. The van der Waals surface area contributed by atoms with Crippen molar-refractivity contribution in [2.75, 3.05) is 13.2 Å². The van der Waals surface area contributed by atoms with E-state index in [1.807, 2.05) is 0 Å². The van der Waals surface area contributed by atoms with E-state index >= 15 is 0 Å². The van der Waals surface area contributed by atoms with E-state index in [0.29, 0.717) is 18.4 Å². The Morgan fingerprint density at radius 3 is 3.00 bits per heavy atom. The lowest BCUT2D eigenvalue weighted by Crippen LogP contribution is -2.36. The molecule has 2 nitrogen and oxygen atoms in total. The molecule has 1 N–H and O–H groups in total. The van der Waals surface area contributed by atoms with E-state index in [4.69, 9.17) is 16.3 Å². The van der Waals surface area contributed by atoms with Gasteiger partial charge in [-0.05, 0) is 30.9 Å². The molecule has 0 aliphatic heterocycles. The van der Waals surface area contributed by atoms with Gasteiger partial charge in [0.05, 0.1) is 5.02 Å². The molecular weight excluding hydrogens is 265 g/mol. The Morgan fingerprint density at radius 2 is 2.26 bits per heavy atom. The van der Waals surface area contributed by atoms with E-state index in [1.165, 1.54) is 37.8 Å². The second kappa shape index (κ2) is 7.11. The Labute approximate surface area is 119 Å². The molecule has 1 aromatic rings. The summed E-state index contributed by atoms with van der Waals surface area (Å²) in [7, 11) is 0. The van der Waals surface area contributed by atoms with Crippen LogP contribution < -0.4 is 10.1 Å². The molecule has 0 spiro atoms. The van der Waals surface area contributed by atoms with Crippen molar-refractivity contribution in [2.45, 2.75) is 38.6 Å². The van der Waals surface area contributed by atoms with Gasteiger partial charge in [-0.2, -0.15) is 0 Å². The van der Waals surface area contributed by atoms with Crippen LogP contribution in [0.5, 0.6) is 5.75 Å². The first kappa shape index (κ1) is 14.6. The van der Waals surface area contributed by atoms with Crippen molar-refractivity contribution in [2.24, 2.45) is 5.92 Å². The Hall–Kier alpha value is -0.800. The average Bonchev–Trinajstić information content (AvgIpc) is 2.39. The largest absolute Gasteiger partial charge is 0.492 e. The number of hydrogen-bond acceptors (Lipinski definition) is 2. The highest BCUT2D eigenvalue weighted by atomic mass is 35.5. The van der Waals surface area contributed by atoms with Crippen LogP contribution >= 0.6 is 11.6 Å². The summed E-state index contributed by atoms with van der Waals surface area (Å²) in [5.41, 5.74) is 0. The smallest absolute Gasteiger partial charge is 0.145 e. The van der Waals surface area contributed by atoms with E-state index in [1.54, 1.807) is 6.07 Å². The minimum Gasteiger partial charge on any atom is -0.492 e. The summed E-state index contributed by atoms with van der Waals surface area (Å²) in [4.78, 5) is 0. The van der Waals surface area contributed by atoms with Crippen molar-refractivity contribution >= 4 is 11.6 Å². The lowest BCUT2D eigenvalue weighted by Gasteiger charge is -2.27. The summed E-state index contributed by atoms with van der Waals surface area (Å²) in [6.45, 7) is 3.65. The SMILES string of the molecule is CC1CCCC(NCCOc2ccc(Cl)c(F)c2)C1. The van der Waals surface area contributed by atoms with Crippen molar-refractivity contribution in [1.82, 2.24) is 5.32 Å². The second-order valence-electron chi connectivity index (χ2n) is 5.35.